The van der Waals surface area contributed by atoms with Gasteiger partial charge in [0.25, 0.3) is 0 Å². The fraction of sp³-hybridized carbons (Fsp3) is 0.786. The Morgan fingerprint density at radius 3 is 2.95 bits per heavy atom. The van der Waals surface area contributed by atoms with E-state index in [-0.39, 0.29) is 0 Å². The second kappa shape index (κ2) is 7.13. The minimum atomic E-state index is -2.50. The van der Waals surface area contributed by atoms with Crippen molar-refractivity contribution in [2.75, 3.05) is 19.6 Å². The third kappa shape index (κ3) is 4.24. The Balaban J connectivity index is 1.87. The monoisotopic (exact) mass is 286 g/mol. The van der Waals surface area contributed by atoms with Gasteiger partial charge in [0.2, 0.25) is 0 Å². The maximum atomic E-state index is 12.8. The van der Waals surface area contributed by atoms with Crippen LogP contribution in [0.15, 0.2) is 12.4 Å². The van der Waals surface area contributed by atoms with E-state index in [0.717, 1.165) is 30.6 Å². The maximum Gasteiger partial charge on any atom is 0.319 e. The van der Waals surface area contributed by atoms with Gasteiger partial charge >= 0.3 is 6.55 Å². The van der Waals surface area contributed by atoms with Crippen molar-refractivity contribution in [3.8, 4) is 0 Å². The molecule has 0 saturated carbocycles. The number of imidazole rings is 1. The van der Waals surface area contributed by atoms with Gasteiger partial charge in [-0.2, -0.15) is 8.78 Å². The van der Waals surface area contributed by atoms with E-state index in [1.165, 1.54) is 18.8 Å². The third-order valence-electron chi connectivity index (χ3n) is 3.74. The van der Waals surface area contributed by atoms with Crippen LogP contribution in [0, 0.1) is 5.92 Å². The fourth-order valence-corrected chi connectivity index (χ4v) is 2.71. The molecule has 1 N–H and O–H groups in total. The molecule has 1 fully saturated rings. The SMILES string of the molecule is CC(C)NCC1CCCN(Cc2nccn2C(F)F)C1. The predicted molar refractivity (Wildman–Crippen MR) is 74.6 cm³/mol. The lowest BCUT2D eigenvalue weighted by Gasteiger charge is -2.33. The number of alkyl halides is 2. The Hall–Kier alpha value is -1.01. The van der Waals surface area contributed by atoms with Gasteiger partial charge < -0.3 is 5.32 Å². The number of nitrogens with one attached hydrogen (secondary N) is 1. The van der Waals surface area contributed by atoms with Crippen molar-refractivity contribution in [3.63, 3.8) is 0 Å². The van der Waals surface area contributed by atoms with Gasteiger partial charge in [-0.3, -0.25) is 9.47 Å². The first kappa shape index (κ1) is 15.4. The van der Waals surface area contributed by atoms with Crippen LogP contribution >= 0.6 is 0 Å². The summed E-state index contributed by atoms with van der Waals surface area (Å²) in [5.41, 5.74) is 0. The average Bonchev–Trinajstić information content (AvgIpc) is 2.85. The lowest BCUT2D eigenvalue weighted by Crippen LogP contribution is -2.41. The van der Waals surface area contributed by atoms with E-state index in [9.17, 15) is 8.78 Å². The molecule has 2 heterocycles. The first-order chi connectivity index (χ1) is 9.56. The van der Waals surface area contributed by atoms with Crippen molar-refractivity contribution >= 4 is 0 Å². The summed E-state index contributed by atoms with van der Waals surface area (Å²) in [7, 11) is 0. The number of hydrogen-bond acceptors (Lipinski definition) is 3. The molecular formula is C14H24F2N4. The van der Waals surface area contributed by atoms with Crippen LogP contribution in [0.1, 0.15) is 39.1 Å². The van der Waals surface area contributed by atoms with Gasteiger partial charge in [-0.1, -0.05) is 13.8 Å². The summed E-state index contributed by atoms with van der Waals surface area (Å²) in [6.45, 7) is 5.20. The summed E-state index contributed by atoms with van der Waals surface area (Å²) in [5, 5.41) is 3.46. The molecule has 1 saturated heterocycles. The molecule has 4 nitrogen and oxygen atoms in total. The number of rotatable bonds is 6. The van der Waals surface area contributed by atoms with Gasteiger partial charge in [0.05, 0.1) is 6.54 Å². The smallest absolute Gasteiger partial charge is 0.314 e. The van der Waals surface area contributed by atoms with Gasteiger partial charge in [0.1, 0.15) is 5.82 Å². The highest BCUT2D eigenvalue weighted by atomic mass is 19.3. The van der Waals surface area contributed by atoms with Gasteiger partial charge in [0.15, 0.2) is 0 Å². The van der Waals surface area contributed by atoms with Crippen molar-refractivity contribution in [2.45, 2.75) is 45.8 Å². The van der Waals surface area contributed by atoms with Crippen LogP contribution in [0.25, 0.3) is 0 Å². The highest BCUT2D eigenvalue weighted by molar-refractivity contribution is 4.93. The second-order valence-corrected chi connectivity index (χ2v) is 5.83. The topological polar surface area (TPSA) is 33.1 Å². The molecule has 6 heteroatoms. The predicted octanol–water partition coefficient (Wildman–Crippen LogP) is 2.49. The van der Waals surface area contributed by atoms with Gasteiger partial charge in [-0.25, -0.2) is 4.98 Å². The highest BCUT2D eigenvalue weighted by Gasteiger charge is 2.22. The van der Waals surface area contributed by atoms with Crippen molar-refractivity contribution in [2.24, 2.45) is 5.92 Å². The molecule has 1 aromatic rings. The summed E-state index contributed by atoms with van der Waals surface area (Å²) in [4.78, 5) is 6.29. The molecule has 1 aliphatic rings. The number of halogens is 2. The first-order valence-corrected chi connectivity index (χ1v) is 7.32. The number of nitrogens with zero attached hydrogens (tertiary/aromatic N) is 3. The van der Waals surface area contributed by atoms with E-state index in [1.54, 1.807) is 0 Å². The molecule has 2 rings (SSSR count). The average molecular weight is 286 g/mol. The molecule has 114 valence electrons. The van der Waals surface area contributed by atoms with Crippen molar-refractivity contribution < 1.29 is 8.78 Å². The molecule has 0 aromatic carbocycles. The molecule has 1 aromatic heterocycles. The Bertz CT molecular complexity index is 406. The van der Waals surface area contributed by atoms with E-state index < -0.39 is 6.55 Å². The quantitative estimate of drug-likeness (QED) is 0.872. The van der Waals surface area contributed by atoms with E-state index in [0.29, 0.717) is 24.3 Å². The normalized spacial score (nSPS) is 21.0. The molecule has 1 atom stereocenters. The van der Waals surface area contributed by atoms with Gasteiger partial charge in [-0.05, 0) is 31.8 Å². The third-order valence-corrected chi connectivity index (χ3v) is 3.74. The largest absolute Gasteiger partial charge is 0.319 e. The molecule has 0 spiro atoms. The second-order valence-electron chi connectivity index (χ2n) is 5.83. The number of piperidine rings is 1. The molecule has 1 aliphatic heterocycles. The molecule has 0 amide bonds. The molecule has 0 radical (unpaired) electrons. The van der Waals surface area contributed by atoms with E-state index >= 15 is 0 Å². The van der Waals surface area contributed by atoms with Crippen LogP contribution in [0.2, 0.25) is 0 Å². The summed E-state index contributed by atoms with van der Waals surface area (Å²) in [6.07, 6.45) is 5.13. The molecule has 1 unspecified atom stereocenters. The highest BCUT2D eigenvalue weighted by Crippen LogP contribution is 2.19. The first-order valence-electron chi connectivity index (χ1n) is 7.32. The van der Waals surface area contributed by atoms with Gasteiger partial charge in [0, 0.05) is 25.0 Å². The molecule has 0 aliphatic carbocycles. The summed E-state index contributed by atoms with van der Waals surface area (Å²) < 4.78 is 26.5. The molecule has 0 bridgehead atoms. The lowest BCUT2D eigenvalue weighted by atomic mass is 9.98. The zero-order chi connectivity index (χ0) is 14.5. The summed E-state index contributed by atoms with van der Waals surface area (Å²) in [5.74, 6) is 1.05. The lowest BCUT2D eigenvalue weighted by molar-refractivity contribution is 0.0618. The van der Waals surface area contributed by atoms with Crippen LogP contribution in [0.3, 0.4) is 0 Å². The van der Waals surface area contributed by atoms with Crippen molar-refractivity contribution in [3.05, 3.63) is 18.2 Å². The van der Waals surface area contributed by atoms with Crippen LogP contribution in [0.5, 0.6) is 0 Å². The van der Waals surface area contributed by atoms with Crippen LogP contribution in [-0.4, -0.2) is 40.1 Å². The Morgan fingerprint density at radius 2 is 2.25 bits per heavy atom. The fourth-order valence-electron chi connectivity index (χ4n) is 2.71. The molecule has 20 heavy (non-hydrogen) atoms. The zero-order valence-electron chi connectivity index (χ0n) is 12.2. The summed E-state index contributed by atoms with van der Waals surface area (Å²) in [6, 6.07) is 0.489. The molecular weight excluding hydrogens is 262 g/mol. The van der Waals surface area contributed by atoms with E-state index in [1.807, 2.05) is 0 Å². The number of likely N-dealkylation sites (tertiary alicyclic amines) is 1. The zero-order valence-corrected chi connectivity index (χ0v) is 12.2. The Labute approximate surface area is 119 Å². The minimum absolute atomic E-state index is 0.456. The number of hydrogen-bond donors (Lipinski definition) is 1. The summed E-state index contributed by atoms with van der Waals surface area (Å²) >= 11 is 0. The van der Waals surface area contributed by atoms with Gasteiger partial charge in [-0.15, -0.1) is 0 Å². The van der Waals surface area contributed by atoms with Crippen LogP contribution in [0.4, 0.5) is 8.78 Å². The van der Waals surface area contributed by atoms with Crippen LogP contribution < -0.4 is 5.32 Å². The van der Waals surface area contributed by atoms with E-state index in [2.05, 4.69) is 29.0 Å². The van der Waals surface area contributed by atoms with Crippen LogP contribution in [-0.2, 0) is 6.54 Å². The Morgan fingerprint density at radius 1 is 1.45 bits per heavy atom. The standard InChI is InChI=1S/C14H24F2N4/c1-11(2)18-8-12-4-3-6-19(9-12)10-13-17-5-7-20(13)14(15)16/h5,7,11-12,14,18H,3-4,6,8-10H2,1-2H3. The maximum absolute atomic E-state index is 12.8. The van der Waals surface area contributed by atoms with Crippen molar-refractivity contribution in [1.82, 2.24) is 19.8 Å². The minimum Gasteiger partial charge on any atom is -0.314 e. The van der Waals surface area contributed by atoms with E-state index in [4.69, 9.17) is 0 Å². The Kier molecular flexibility index (Phi) is 5.48. The number of aromatic nitrogens is 2. The van der Waals surface area contributed by atoms with Crippen molar-refractivity contribution in [1.29, 1.82) is 0 Å².